The molecule has 1 aromatic rings. The van der Waals surface area contributed by atoms with Crippen LogP contribution in [0.25, 0.3) is 0 Å². The minimum atomic E-state index is -0.746. The Labute approximate surface area is 108 Å². The number of nitrogens with one attached hydrogen (secondary N) is 1. The number of aliphatic carboxylic acids is 1. The van der Waals surface area contributed by atoms with Gasteiger partial charge < -0.3 is 10.4 Å². The van der Waals surface area contributed by atoms with E-state index in [-0.39, 0.29) is 0 Å². The molecule has 98 valence electrons. The van der Waals surface area contributed by atoms with E-state index in [4.69, 9.17) is 0 Å². The molecule has 3 nitrogen and oxygen atoms in total. The van der Waals surface area contributed by atoms with Crippen LogP contribution in [0.2, 0.25) is 0 Å². The molecule has 0 aromatic heterocycles. The van der Waals surface area contributed by atoms with Gasteiger partial charge in [-0.2, -0.15) is 0 Å². The maximum atomic E-state index is 11.3. The number of hydrogen-bond acceptors (Lipinski definition) is 2. The average Bonchev–Trinajstić information content (AvgIpc) is 2.84. The van der Waals surface area contributed by atoms with Crippen molar-refractivity contribution >= 4 is 5.97 Å². The van der Waals surface area contributed by atoms with E-state index < -0.39 is 11.9 Å². The van der Waals surface area contributed by atoms with Crippen LogP contribution in [0.4, 0.5) is 0 Å². The van der Waals surface area contributed by atoms with Crippen molar-refractivity contribution < 1.29 is 9.90 Å². The van der Waals surface area contributed by atoms with Gasteiger partial charge in [-0.3, -0.25) is 4.79 Å². The molecule has 1 aliphatic carbocycles. The van der Waals surface area contributed by atoms with Gasteiger partial charge in [0.15, 0.2) is 0 Å². The summed E-state index contributed by atoms with van der Waals surface area (Å²) in [6.45, 7) is 2.54. The maximum absolute atomic E-state index is 11.3. The van der Waals surface area contributed by atoms with Gasteiger partial charge in [0.1, 0.15) is 0 Å². The van der Waals surface area contributed by atoms with E-state index in [9.17, 15) is 9.90 Å². The minimum absolute atomic E-state index is 0.439. The second kappa shape index (κ2) is 6.01. The molecule has 18 heavy (non-hydrogen) atoms. The molecule has 1 aliphatic rings. The van der Waals surface area contributed by atoms with Gasteiger partial charge in [-0.25, -0.2) is 0 Å². The molecule has 1 fully saturated rings. The van der Waals surface area contributed by atoms with Crippen LogP contribution in [0.5, 0.6) is 0 Å². The zero-order valence-corrected chi connectivity index (χ0v) is 10.9. The van der Waals surface area contributed by atoms with Crippen LogP contribution < -0.4 is 5.32 Å². The smallest absolute Gasteiger partial charge is 0.312 e. The highest BCUT2D eigenvalue weighted by Gasteiger charge is 2.22. The summed E-state index contributed by atoms with van der Waals surface area (Å²) < 4.78 is 0. The first-order valence-corrected chi connectivity index (χ1v) is 6.69. The Balaban J connectivity index is 1.99. The molecule has 1 unspecified atom stereocenters. The molecule has 2 rings (SSSR count). The van der Waals surface area contributed by atoms with Crippen molar-refractivity contribution in [2.45, 2.75) is 44.6 Å². The molecule has 1 atom stereocenters. The number of aryl methyl sites for hydroxylation is 1. The van der Waals surface area contributed by atoms with E-state index in [2.05, 4.69) is 5.32 Å². The van der Waals surface area contributed by atoms with Gasteiger partial charge in [0.25, 0.3) is 0 Å². The average molecular weight is 247 g/mol. The minimum Gasteiger partial charge on any atom is -0.481 e. The second-order valence-electron chi connectivity index (χ2n) is 5.19. The summed E-state index contributed by atoms with van der Waals surface area (Å²) in [5.74, 6) is -1.18. The van der Waals surface area contributed by atoms with E-state index in [1.165, 1.54) is 25.7 Å². The molecule has 0 radical (unpaired) electrons. The molecule has 1 saturated carbocycles. The fraction of sp³-hybridized carbons (Fsp3) is 0.533. The topological polar surface area (TPSA) is 49.3 Å². The number of carboxylic acid groups (broad SMARTS) is 1. The lowest BCUT2D eigenvalue weighted by atomic mass is 9.98. The van der Waals surface area contributed by atoms with Crippen LogP contribution >= 0.6 is 0 Å². The van der Waals surface area contributed by atoms with E-state index >= 15 is 0 Å². The Morgan fingerprint density at radius 1 is 1.33 bits per heavy atom. The van der Waals surface area contributed by atoms with E-state index in [1.807, 2.05) is 31.2 Å². The maximum Gasteiger partial charge on any atom is 0.312 e. The Bertz CT molecular complexity index is 393. The van der Waals surface area contributed by atoms with Crippen molar-refractivity contribution in [1.29, 1.82) is 0 Å². The Morgan fingerprint density at radius 2 is 1.94 bits per heavy atom. The van der Waals surface area contributed by atoms with Gasteiger partial charge >= 0.3 is 5.97 Å². The molecule has 3 heteroatoms. The summed E-state index contributed by atoms with van der Waals surface area (Å²) in [6.07, 6.45) is 4.89. The molecule has 0 heterocycles. The molecule has 0 bridgehead atoms. The Kier molecular flexibility index (Phi) is 4.37. The third kappa shape index (κ3) is 3.33. The number of rotatable bonds is 5. The monoisotopic (exact) mass is 247 g/mol. The molecule has 1 aromatic carbocycles. The quantitative estimate of drug-likeness (QED) is 0.841. The third-order valence-electron chi connectivity index (χ3n) is 3.74. The number of hydrogen-bond donors (Lipinski definition) is 2. The first-order valence-electron chi connectivity index (χ1n) is 6.69. The predicted octanol–water partition coefficient (Wildman–Crippen LogP) is 2.70. The molecular weight excluding hydrogens is 226 g/mol. The second-order valence-corrected chi connectivity index (χ2v) is 5.19. The lowest BCUT2D eigenvalue weighted by molar-refractivity contribution is -0.138. The highest BCUT2D eigenvalue weighted by molar-refractivity contribution is 5.76. The van der Waals surface area contributed by atoms with Gasteiger partial charge in [0, 0.05) is 12.6 Å². The van der Waals surface area contributed by atoms with Crippen molar-refractivity contribution in [3.05, 3.63) is 35.4 Å². The fourth-order valence-corrected chi connectivity index (χ4v) is 2.56. The van der Waals surface area contributed by atoms with Crippen LogP contribution in [-0.2, 0) is 4.79 Å². The number of carbonyl (C=O) groups is 1. The third-order valence-corrected chi connectivity index (χ3v) is 3.74. The van der Waals surface area contributed by atoms with Gasteiger partial charge in [-0.05, 0) is 25.3 Å². The standard InChI is InChI=1S/C15H21NO2/c1-11-6-8-12(9-7-11)14(15(17)18)10-16-13-4-2-3-5-13/h6-9,13-14,16H,2-5,10H2,1H3,(H,17,18). The SMILES string of the molecule is Cc1ccc(C(CNC2CCCC2)C(=O)O)cc1. The molecule has 2 N–H and O–H groups in total. The van der Waals surface area contributed by atoms with Crippen molar-refractivity contribution in [2.24, 2.45) is 0 Å². The zero-order valence-electron chi connectivity index (χ0n) is 10.9. The highest BCUT2D eigenvalue weighted by Crippen LogP contribution is 2.20. The van der Waals surface area contributed by atoms with E-state index in [1.54, 1.807) is 0 Å². The van der Waals surface area contributed by atoms with Crippen molar-refractivity contribution in [2.75, 3.05) is 6.54 Å². The van der Waals surface area contributed by atoms with Crippen LogP contribution in [0.1, 0.15) is 42.7 Å². The molecule has 0 spiro atoms. The largest absolute Gasteiger partial charge is 0.481 e. The van der Waals surface area contributed by atoms with Crippen molar-refractivity contribution in [1.82, 2.24) is 5.32 Å². The summed E-state index contributed by atoms with van der Waals surface area (Å²) in [6, 6.07) is 8.30. The number of benzene rings is 1. The van der Waals surface area contributed by atoms with Gasteiger partial charge in [0.2, 0.25) is 0 Å². The zero-order chi connectivity index (χ0) is 13.0. The van der Waals surface area contributed by atoms with Gasteiger partial charge in [-0.1, -0.05) is 42.7 Å². The highest BCUT2D eigenvalue weighted by atomic mass is 16.4. The van der Waals surface area contributed by atoms with Crippen LogP contribution in [0.3, 0.4) is 0 Å². The van der Waals surface area contributed by atoms with Crippen LogP contribution in [0, 0.1) is 6.92 Å². The summed E-state index contributed by atoms with van der Waals surface area (Å²) in [7, 11) is 0. The normalized spacial score (nSPS) is 17.8. The van der Waals surface area contributed by atoms with Gasteiger partial charge in [0.05, 0.1) is 5.92 Å². The molecule has 0 saturated heterocycles. The predicted molar refractivity (Wildman–Crippen MR) is 71.8 cm³/mol. The first-order chi connectivity index (χ1) is 8.66. The number of carboxylic acids is 1. The molecule has 0 amide bonds. The molecular formula is C15H21NO2. The van der Waals surface area contributed by atoms with Crippen LogP contribution in [-0.4, -0.2) is 23.7 Å². The summed E-state index contributed by atoms with van der Waals surface area (Å²) in [5.41, 5.74) is 2.05. The first kappa shape index (κ1) is 13.1. The van der Waals surface area contributed by atoms with Crippen LogP contribution in [0.15, 0.2) is 24.3 Å². The summed E-state index contributed by atoms with van der Waals surface area (Å²) >= 11 is 0. The Morgan fingerprint density at radius 3 is 2.50 bits per heavy atom. The van der Waals surface area contributed by atoms with Gasteiger partial charge in [-0.15, -0.1) is 0 Å². The van der Waals surface area contributed by atoms with E-state index in [0.29, 0.717) is 12.6 Å². The summed E-state index contributed by atoms with van der Waals surface area (Å²) in [4.78, 5) is 11.3. The summed E-state index contributed by atoms with van der Waals surface area (Å²) in [5, 5.41) is 12.7. The lowest BCUT2D eigenvalue weighted by Gasteiger charge is -2.17. The van der Waals surface area contributed by atoms with Crippen molar-refractivity contribution in [3.63, 3.8) is 0 Å². The molecule has 0 aliphatic heterocycles. The lowest BCUT2D eigenvalue weighted by Crippen LogP contribution is -2.33. The fourth-order valence-electron chi connectivity index (χ4n) is 2.56. The van der Waals surface area contributed by atoms with E-state index in [0.717, 1.165) is 11.1 Å². The van der Waals surface area contributed by atoms with Crippen molar-refractivity contribution in [3.8, 4) is 0 Å². The Hall–Kier alpha value is -1.35.